The van der Waals surface area contributed by atoms with Crippen molar-refractivity contribution >= 4 is 21.4 Å². The number of anilines is 1. The summed E-state index contributed by atoms with van der Waals surface area (Å²) in [7, 11) is -3.31. The van der Waals surface area contributed by atoms with Crippen molar-refractivity contribution in [2.45, 2.75) is 30.8 Å². The molecule has 1 unspecified atom stereocenters. The fourth-order valence-electron chi connectivity index (χ4n) is 1.27. The Labute approximate surface area is 107 Å². The van der Waals surface area contributed by atoms with Crippen LogP contribution in [-0.2, 0) is 14.6 Å². The predicted molar refractivity (Wildman–Crippen MR) is 68.9 cm³/mol. The molecule has 0 spiro atoms. The molecule has 7 heteroatoms. The van der Waals surface area contributed by atoms with Gasteiger partial charge in [-0.05, 0) is 18.6 Å². The number of nitrogens with one attached hydrogen (secondary N) is 1. The van der Waals surface area contributed by atoms with E-state index in [9.17, 15) is 13.2 Å². The van der Waals surface area contributed by atoms with Crippen molar-refractivity contribution in [3.63, 3.8) is 0 Å². The maximum Gasteiger partial charge on any atom is 0.225 e. The Bertz CT molecular complexity index is 511. The normalized spacial score (nSPS) is 13.1. The van der Waals surface area contributed by atoms with E-state index >= 15 is 0 Å². The van der Waals surface area contributed by atoms with Crippen LogP contribution in [0.1, 0.15) is 19.8 Å². The maximum absolute atomic E-state index is 11.5. The number of hydrogen-bond acceptors (Lipinski definition) is 5. The van der Waals surface area contributed by atoms with Crippen molar-refractivity contribution in [2.75, 3.05) is 11.6 Å². The fraction of sp³-hybridized carbons (Fsp3) is 0.455. The Morgan fingerprint density at radius 1 is 1.50 bits per heavy atom. The number of nitrogens with two attached hydrogens (primary N) is 1. The van der Waals surface area contributed by atoms with Crippen molar-refractivity contribution < 1.29 is 13.2 Å². The highest BCUT2D eigenvalue weighted by molar-refractivity contribution is 7.90. The third-order valence-corrected chi connectivity index (χ3v) is 3.37. The van der Waals surface area contributed by atoms with Gasteiger partial charge in [-0.25, -0.2) is 13.4 Å². The van der Waals surface area contributed by atoms with Crippen LogP contribution >= 0.6 is 0 Å². The Balaban J connectivity index is 2.67. The molecule has 0 saturated carbocycles. The van der Waals surface area contributed by atoms with Crippen LogP contribution in [0.3, 0.4) is 0 Å². The van der Waals surface area contributed by atoms with Crippen molar-refractivity contribution in [1.82, 2.24) is 4.98 Å². The zero-order chi connectivity index (χ0) is 13.8. The summed E-state index contributed by atoms with van der Waals surface area (Å²) in [4.78, 5) is 15.3. The van der Waals surface area contributed by atoms with Gasteiger partial charge in [0.15, 0.2) is 14.9 Å². The minimum atomic E-state index is -3.31. The average Bonchev–Trinajstić information content (AvgIpc) is 2.28. The van der Waals surface area contributed by atoms with Gasteiger partial charge in [0.1, 0.15) is 0 Å². The van der Waals surface area contributed by atoms with Gasteiger partial charge in [-0.1, -0.05) is 6.92 Å². The van der Waals surface area contributed by atoms with E-state index in [0.717, 1.165) is 12.7 Å². The molecule has 1 rings (SSSR count). The third-order valence-electron chi connectivity index (χ3n) is 2.37. The molecule has 1 aromatic rings. The Hall–Kier alpha value is -1.47. The molecule has 1 amide bonds. The predicted octanol–water partition coefficient (Wildman–Crippen LogP) is 0.551. The molecule has 0 aromatic carbocycles. The number of amides is 1. The summed E-state index contributed by atoms with van der Waals surface area (Å²) in [6, 6.07) is 2.68. The zero-order valence-electron chi connectivity index (χ0n) is 10.4. The topological polar surface area (TPSA) is 102 Å². The lowest BCUT2D eigenvalue weighted by molar-refractivity contribution is -0.116. The number of nitrogens with zero attached hydrogens (tertiary/aromatic N) is 1. The van der Waals surface area contributed by atoms with Crippen LogP contribution < -0.4 is 11.1 Å². The monoisotopic (exact) mass is 271 g/mol. The Morgan fingerprint density at radius 3 is 2.61 bits per heavy atom. The highest BCUT2D eigenvalue weighted by Crippen LogP contribution is 2.10. The summed E-state index contributed by atoms with van der Waals surface area (Å²) in [6.07, 6.45) is 3.34. The van der Waals surface area contributed by atoms with Gasteiger partial charge in [-0.3, -0.25) is 4.79 Å². The standard InChI is InChI=1S/C11H17N3O3S/c1-3-8(12)6-10(15)14-9-4-5-11(13-7-9)18(2,16)17/h4-5,7-8H,3,6,12H2,1-2H3,(H,14,15). The van der Waals surface area contributed by atoms with Gasteiger partial charge in [0.2, 0.25) is 5.91 Å². The number of carbonyl (C=O) groups is 1. The maximum atomic E-state index is 11.5. The van der Waals surface area contributed by atoms with Gasteiger partial charge < -0.3 is 11.1 Å². The average molecular weight is 271 g/mol. The quantitative estimate of drug-likeness (QED) is 0.814. The minimum absolute atomic E-state index is 0.0224. The van der Waals surface area contributed by atoms with Crippen LogP contribution in [-0.4, -0.2) is 31.6 Å². The molecule has 0 bridgehead atoms. The van der Waals surface area contributed by atoms with Gasteiger partial charge in [0.05, 0.1) is 11.9 Å². The highest BCUT2D eigenvalue weighted by atomic mass is 32.2. The second-order valence-corrected chi connectivity index (χ2v) is 6.04. The van der Waals surface area contributed by atoms with Crippen molar-refractivity contribution in [3.8, 4) is 0 Å². The lowest BCUT2D eigenvalue weighted by Gasteiger charge is -2.09. The number of aromatic nitrogens is 1. The largest absolute Gasteiger partial charge is 0.327 e. The molecule has 1 heterocycles. The van der Waals surface area contributed by atoms with E-state index in [1.54, 1.807) is 0 Å². The first kappa shape index (κ1) is 14.6. The molecule has 0 aliphatic heterocycles. The summed E-state index contributed by atoms with van der Waals surface area (Å²) in [5, 5.41) is 2.59. The Morgan fingerprint density at radius 2 is 2.17 bits per heavy atom. The van der Waals surface area contributed by atoms with Crippen molar-refractivity contribution in [3.05, 3.63) is 18.3 Å². The Kier molecular flexibility index (Phi) is 4.80. The molecule has 0 aliphatic rings. The van der Waals surface area contributed by atoms with Crippen LogP contribution in [0.15, 0.2) is 23.4 Å². The third kappa shape index (κ3) is 4.42. The first-order valence-electron chi connectivity index (χ1n) is 5.54. The van der Waals surface area contributed by atoms with E-state index in [2.05, 4.69) is 10.3 Å². The number of carbonyl (C=O) groups excluding carboxylic acids is 1. The van der Waals surface area contributed by atoms with Crippen LogP contribution in [0.4, 0.5) is 5.69 Å². The lowest BCUT2D eigenvalue weighted by Crippen LogP contribution is -2.26. The van der Waals surface area contributed by atoms with Crippen molar-refractivity contribution in [1.29, 1.82) is 0 Å². The van der Waals surface area contributed by atoms with Crippen LogP contribution in [0.5, 0.6) is 0 Å². The van der Waals surface area contributed by atoms with Crippen molar-refractivity contribution in [2.24, 2.45) is 5.73 Å². The van der Waals surface area contributed by atoms with E-state index in [0.29, 0.717) is 5.69 Å². The smallest absolute Gasteiger partial charge is 0.225 e. The summed E-state index contributed by atoms with van der Waals surface area (Å²) in [5.41, 5.74) is 6.11. The van der Waals surface area contributed by atoms with E-state index in [4.69, 9.17) is 5.73 Å². The minimum Gasteiger partial charge on any atom is -0.327 e. The van der Waals surface area contributed by atoms with Crippen LogP contribution in [0.25, 0.3) is 0 Å². The molecule has 0 saturated heterocycles. The van der Waals surface area contributed by atoms with E-state index in [-0.39, 0.29) is 23.4 Å². The number of sulfone groups is 1. The van der Waals surface area contributed by atoms with E-state index < -0.39 is 9.84 Å². The zero-order valence-corrected chi connectivity index (χ0v) is 11.2. The fourth-order valence-corrected chi connectivity index (χ4v) is 1.83. The van der Waals surface area contributed by atoms with Gasteiger partial charge >= 0.3 is 0 Å². The van der Waals surface area contributed by atoms with Crippen LogP contribution in [0.2, 0.25) is 0 Å². The van der Waals surface area contributed by atoms with Gasteiger partial charge in [-0.15, -0.1) is 0 Å². The summed E-state index contributed by atoms with van der Waals surface area (Å²) < 4.78 is 22.4. The molecule has 0 aliphatic carbocycles. The summed E-state index contributed by atoms with van der Waals surface area (Å²) in [5.74, 6) is -0.210. The number of rotatable bonds is 5. The first-order chi connectivity index (χ1) is 8.32. The first-order valence-corrected chi connectivity index (χ1v) is 7.43. The summed E-state index contributed by atoms with van der Waals surface area (Å²) >= 11 is 0. The van der Waals surface area contributed by atoms with E-state index in [1.807, 2.05) is 6.92 Å². The molecule has 18 heavy (non-hydrogen) atoms. The second-order valence-electron chi connectivity index (χ2n) is 4.08. The summed E-state index contributed by atoms with van der Waals surface area (Å²) in [6.45, 7) is 1.90. The lowest BCUT2D eigenvalue weighted by atomic mass is 10.1. The second kappa shape index (κ2) is 5.92. The molecule has 0 radical (unpaired) electrons. The van der Waals surface area contributed by atoms with E-state index in [1.165, 1.54) is 18.3 Å². The van der Waals surface area contributed by atoms with Gasteiger partial charge in [-0.2, -0.15) is 0 Å². The number of hydrogen-bond donors (Lipinski definition) is 2. The molecule has 6 nitrogen and oxygen atoms in total. The van der Waals surface area contributed by atoms with Gasteiger partial charge in [0.25, 0.3) is 0 Å². The molecule has 100 valence electrons. The molecule has 1 atom stereocenters. The van der Waals surface area contributed by atoms with Crippen LogP contribution in [0, 0.1) is 0 Å². The number of pyridine rings is 1. The highest BCUT2D eigenvalue weighted by Gasteiger charge is 2.10. The molecule has 3 N–H and O–H groups in total. The van der Waals surface area contributed by atoms with Gasteiger partial charge in [0, 0.05) is 18.7 Å². The molecular formula is C11H17N3O3S. The molecule has 0 fully saturated rings. The SMILES string of the molecule is CCC(N)CC(=O)Nc1ccc(S(C)(=O)=O)nc1. The molecule has 1 aromatic heterocycles. The molecular weight excluding hydrogens is 254 g/mol.